The lowest BCUT2D eigenvalue weighted by molar-refractivity contribution is -0.143. The topological polar surface area (TPSA) is 73.0 Å². The number of carbonyl (C=O) groups excluding carboxylic acids is 1. The van der Waals surface area contributed by atoms with E-state index in [0.29, 0.717) is 37.5 Å². The molecule has 2 aliphatic heterocycles. The van der Waals surface area contributed by atoms with Gasteiger partial charge >= 0.3 is 11.9 Å². The van der Waals surface area contributed by atoms with E-state index in [1.165, 1.54) is 4.57 Å². The smallest absolute Gasteiger partial charge is 0.338 e. The van der Waals surface area contributed by atoms with Crippen LogP contribution >= 0.6 is 0 Å². The normalized spacial score (nSPS) is 25.2. The van der Waals surface area contributed by atoms with E-state index in [1.807, 2.05) is 4.90 Å². The molecule has 1 saturated carbocycles. The number of aromatic nitrogens is 4. The predicted octanol–water partition coefficient (Wildman–Crippen LogP) is 2.14. The lowest BCUT2D eigenvalue weighted by atomic mass is 10.0. The summed E-state index contributed by atoms with van der Waals surface area (Å²) in [6.45, 7) is 0.219. The third-order valence-electron chi connectivity index (χ3n) is 6.28. The molecule has 3 aliphatic rings. The summed E-state index contributed by atoms with van der Waals surface area (Å²) in [6, 6.07) is 0.692. The van der Waals surface area contributed by atoms with Crippen molar-refractivity contribution in [3.8, 4) is 0 Å². The van der Waals surface area contributed by atoms with Crippen LogP contribution in [0.5, 0.6) is 0 Å². The number of nitrogens with zero attached hydrogens (tertiary/aromatic N) is 5. The number of aryl methyl sites for hydroxylation is 1. The highest BCUT2D eigenvalue weighted by molar-refractivity contribution is 5.81. The quantitative estimate of drug-likeness (QED) is 0.707. The van der Waals surface area contributed by atoms with Crippen molar-refractivity contribution in [1.82, 2.24) is 24.2 Å². The Morgan fingerprint density at radius 2 is 2.07 bits per heavy atom. The largest absolute Gasteiger partial charge is 0.436 e. The molecule has 3 atom stereocenters. The van der Waals surface area contributed by atoms with Crippen LogP contribution < -0.4 is 5.69 Å². The van der Waals surface area contributed by atoms with E-state index in [9.17, 15) is 27.2 Å². The molecule has 0 aromatic carbocycles. The van der Waals surface area contributed by atoms with Gasteiger partial charge in [-0.3, -0.25) is 9.36 Å². The van der Waals surface area contributed by atoms with Gasteiger partial charge in [0, 0.05) is 30.8 Å². The van der Waals surface area contributed by atoms with Crippen molar-refractivity contribution >= 4 is 5.91 Å². The van der Waals surface area contributed by atoms with Gasteiger partial charge in [-0.05, 0) is 37.7 Å². The van der Waals surface area contributed by atoms with Crippen molar-refractivity contribution in [3.05, 3.63) is 45.6 Å². The van der Waals surface area contributed by atoms with Crippen molar-refractivity contribution in [3.63, 3.8) is 0 Å². The molecule has 2 aromatic heterocycles. The van der Waals surface area contributed by atoms with Crippen LogP contribution in [0.15, 0.2) is 17.1 Å². The summed E-state index contributed by atoms with van der Waals surface area (Å²) in [6.07, 6.45) is -0.440. The average molecular weight is 425 g/mol. The first-order valence-corrected chi connectivity index (χ1v) is 9.95. The highest BCUT2D eigenvalue weighted by atomic mass is 19.4. The SMILES string of the molecule is O=C(C1CCCc2nn(Cc3ccnc(C(F)(F)F)c3F)c(=O)n21)N1CCC2CC21. The summed E-state index contributed by atoms with van der Waals surface area (Å²) < 4.78 is 55.4. The van der Waals surface area contributed by atoms with E-state index in [1.54, 1.807) is 0 Å². The molecule has 1 amide bonds. The number of alkyl halides is 3. The van der Waals surface area contributed by atoms with Gasteiger partial charge in [0.2, 0.25) is 5.91 Å². The lowest BCUT2D eigenvalue weighted by Crippen LogP contribution is -2.42. The summed E-state index contributed by atoms with van der Waals surface area (Å²) in [4.78, 5) is 30.9. The number of hydrogen-bond donors (Lipinski definition) is 0. The molecule has 11 heteroatoms. The van der Waals surface area contributed by atoms with Crippen LogP contribution in [0.4, 0.5) is 17.6 Å². The summed E-state index contributed by atoms with van der Waals surface area (Å²) in [5, 5.41) is 4.20. The Balaban J connectivity index is 1.46. The van der Waals surface area contributed by atoms with E-state index < -0.39 is 36.0 Å². The number of pyridine rings is 1. The maximum absolute atomic E-state index is 14.3. The Morgan fingerprint density at radius 1 is 1.27 bits per heavy atom. The van der Waals surface area contributed by atoms with Crippen LogP contribution in [-0.2, 0) is 23.9 Å². The van der Waals surface area contributed by atoms with E-state index in [4.69, 9.17) is 0 Å². The molecule has 0 N–H and O–H groups in total. The van der Waals surface area contributed by atoms with Gasteiger partial charge in [-0.1, -0.05) is 0 Å². The van der Waals surface area contributed by atoms with Gasteiger partial charge < -0.3 is 4.90 Å². The number of hydrogen-bond acceptors (Lipinski definition) is 4. The first kappa shape index (κ1) is 19.3. The van der Waals surface area contributed by atoms with Crippen LogP contribution in [0, 0.1) is 11.7 Å². The minimum absolute atomic E-state index is 0.1000. The minimum Gasteiger partial charge on any atom is -0.338 e. The molecule has 2 aromatic rings. The number of fused-ring (bicyclic) bond motifs is 2. The molecular weight excluding hydrogens is 406 g/mol. The van der Waals surface area contributed by atoms with Crippen LogP contribution in [0.3, 0.4) is 0 Å². The average Bonchev–Trinajstić information content (AvgIpc) is 3.24. The van der Waals surface area contributed by atoms with E-state index in [0.717, 1.165) is 29.8 Å². The van der Waals surface area contributed by atoms with Gasteiger partial charge in [0.1, 0.15) is 11.9 Å². The molecule has 0 radical (unpaired) electrons. The molecular formula is C19H19F4N5O2. The third kappa shape index (κ3) is 3.02. The molecule has 0 spiro atoms. The lowest BCUT2D eigenvalue weighted by Gasteiger charge is -2.28. The van der Waals surface area contributed by atoms with Gasteiger partial charge in [-0.15, -0.1) is 0 Å². The molecule has 3 unspecified atom stereocenters. The Labute approximate surface area is 168 Å². The zero-order valence-corrected chi connectivity index (χ0v) is 15.9. The Bertz CT molecular complexity index is 1080. The van der Waals surface area contributed by atoms with Gasteiger partial charge in [-0.2, -0.15) is 18.3 Å². The molecule has 5 rings (SSSR count). The Kier molecular flexibility index (Phi) is 4.26. The zero-order chi connectivity index (χ0) is 21.2. The molecule has 4 heterocycles. The summed E-state index contributed by atoms with van der Waals surface area (Å²) in [7, 11) is 0. The first-order chi connectivity index (χ1) is 14.3. The molecule has 1 saturated heterocycles. The molecule has 30 heavy (non-hydrogen) atoms. The monoisotopic (exact) mass is 425 g/mol. The van der Waals surface area contributed by atoms with E-state index in [2.05, 4.69) is 10.1 Å². The van der Waals surface area contributed by atoms with E-state index >= 15 is 0 Å². The number of likely N-dealkylation sites (tertiary alicyclic amines) is 1. The number of halogens is 4. The Hall–Kier alpha value is -2.72. The molecule has 160 valence electrons. The summed E-state index contributed by atoms with van der Waals surface area (Å²) >= 11 is 0. The fourth-order valence-corrected chi connectivity index (χ4v) is 4.69. The second kappa shape index (κ2) is 6.64. The number of carbonyl (C=O) groups is 1. The van der Waals surface area contributed by atoms with Crippen LogP contribution in [-0.4, -0.2) is 42.7 Å². The molecule has 1 aliphatic carbocycles. The molecule has 7 nitrogen and oxygen atoms in total. The van der Waals surface area contributed by atoms with Crippen molar-refractivity contribution in [1.29, 1.82) is 0 Å². The number of rotatable bonds is 3. The summed E-state index contributed by atoms with van der Waals surface area (Å²) in [5.41, 5.74) is -2.57. The summed E-state index contributed by atoms with van der Waals surface area (Å²) in [5.74, 6) is -0.653. The number of amides is 1. The van der Waals surface area contributed by atoms with E-state index in [-0.39, 0.29) is 17.5 Å². The van der Waals surface area contributed by atoms with Gasteiger partial charge in [0.25, 0.3) is 0 Å². The van der Waals surface area contributed by atoms with Crippen LogP contribution in [0.2, 0.25) is 0 Å². The van der Waals surface area contributed by atoms with Gasteiger partial charge in [0.15, 0.2) is 11.5 Å². The zero-order valence-electron chi connectivity index (χ0n) is 15.9. The fourth-order valence-electron chi connectivity index (χ4n) is 4.69. The first-order valence-electron chi connectivity index (χ1n) is 9.95. The predicted molar refractivity (Wildman–Crippen MR) is 95.0 cm³/mol. The van der Waals surface area contributed by atoms with Gasteiger partial charge in [-0.25, -0.2) is 18.9 Å². The Morgan fingerprint density at radius 3 is 2.73 bits per heavy atom. The van der Waals surface area contributed by atoms with Crippen molar-refractivity contribution < 1.29 is 22.4 Å². The fraction of sp³-hybridized carbons (Fsp3) is 0.579. The highest BCUT2D eigenvalue weighted by Gasteiger charge is 2.50. The minimum atomic E-state index is -4.94. The second-order valence-corrected chi connectivity index (χ2v) is 8.15. The van der Waals surface area contributed by atoms with Crippen molar-refractivity contribution in [2.75, 3.05) is 6.54 Å². The molecule has 2 fully saturated rings. The third-order valence-corrected chi connectivity index (χ3v) is 6.28. The second-order valence-electron chi connectivity index (χ2n) is 8.15. The molecule has 0 bridgehead atoms. The highest BCUT2D eigenvalue weighted by Crippen LogP contribution is 2.45. The van der Waals surface area contributed by atoms with Crippen molar-refractivity contribution in [2.24, 2.45) is 5.92 Å². The van der Waals surface area contributed by atoms with Crippen LogP contribution in [0.1, 0.15) is 48.8 Å². The van der Waals surface area contributed by atoms with Crippen molar-refractivity contribution in [2.45, 2.75) is 56.9 Å². The number of piperidine rings is 1. The maximum atomic E-state index is 14.3. The maximum Gasteiger partial charge on any atom is 0.436 e. The van der Waals surface area contributed by atoms with Crippen LogP contribution in [0.25, 0.3) is 0 Å². The van der Waals surface area contributed by atoms with Gasteiger partial charge in [0.05, 0.1) is 6.54 Å². The standard InChI is InChI=1S/C19H19F4N5O2/c20-15-11(4-6-24-16(15)19(21,22)23)9-27-18(30)28-12(2-1-3-14(28)25-27)17(29)26-7-5-10-8-13(10)26/h4,6,10,12-13H,1-3,5,7-9H2.